The molecule has 0 spiro atoms. The molecule has 2 aromatic rings. The standard InChI is InChI=1S/C19H22FN3.HI/c1-21-19(23(2)13-14-8-10-16(20)11-9-14)22-18-12-17(18)15-6-4-3-5-7-15;/h3-11,17-18H,12-13H2,1-2H3,(H,21,22);1H. The number of nitrogens with one attached hydrogen (secondary N) is 1. The molecule has 2 unspecified atom stereocenters. The van der Waals surface area contributed by atoms with Crippen molar-refractivity contribution in [3.63, 3.8) is 0 Å². The zero-order valence-corrected chi connectivity index (χ0v) is 16.3. The van der Waals surface area contributed by atoms with Crippen LogP contribution < -0.4 is 5.32 Å². The van der Waals surface area contributed by atoms with E-state index in [0.29, 0.717) is 18.5 Å². The Morgan fingerprint density at radius 2 is 1.83 bits per heavy atom. The van der Waals surface area contributed by atoms with Crippen LogP contribution in [0.4, 0.5) is 4.39 Å². The molecule has 5 heteroatoms. The van der Waals surface area contributed by atoms with Crippen LogP contribution in [0.1, 0.15) is 23.5 Å². The minimum Gasteiger partial charge on any atom is -0.353 e. The van der Waals surface area contributed by atoms with E-state index in [1.54, 1.807) is 7.05 Å². The molecule has 1 saturated carbocycles. The third kappa shape index (κ3) is 4.69. The van der Waals surface area contributed by atoms with E-state index >= 15 is 0 Å². The molecule has 0 saturated heterocycles. The van der Waals surface area contributed by atoms with E-state index in [2.05, 4.69) is 39.5 Å². The topological polar surface area (TPSA) is 27.6 Å². The van der Waals surface area contributed by atoms with Crippen molar-refractivity contribution < 1.29 is 4.39 Å². The van der Waals surface area contributed by atoms with E-state index in [9.17, 15) is 4.39 Å². The molecule has 1 aliphatic carbocycles. The molecule has 0 bridgehead atoms. The molecule has 3 rings (SSSR count). The van der Waals surface area contributed by atoms with Gasteiger partial charge in [-0.25, -0.2) is 4.39 Å². The summed E-state index contributed by atoms with van der Waals surface area (Å²) in [5.74, 6) is 1.23. The first kappa shape index (κ1) is 18.7. The maximum atomic E-state index is 13.0. The molecule has 1 N–H and O–H groups in total. The van der Waals surface area contributed by atoms with Crippen molar-refractivity contribution in [3.8, 4) is 0 Å². The third-order valence-electron chi connectivity index (χ3n) is 4.24. The summed E-state index contributed by atoms with van der Waals surface area (Å²) in [6, 6.07) is 17.6. The Morgan fingerprint density at radius 3 is 2.46 bits per heavy atom. The molecule has 1 fully saturated rings. The van der Waals surface area contributed by atoms with Crippen LogP contribution in [0.3, 0.4) is 0 Å². The molecule has 0 amide bonds. The molecule has 3 nitrogen and oxygen atoms in total. The first-order chi connectivity index (χ1) is 11.2. The Hall–Kier alpha value is -1.63. The number of halogens is 2. The van der Waals surface area contributed by atoms with Crippen LogP contribution in [0.2, 0.25) is 0 Å². The van der Waals surface area contributed by atoms with E-state index in [1.807, 2.05) is 25.2 Å². The molecule has 1 aliphatic rings. The first-order valence-electron chi connectivity index (χ1n) is 7.91. The molecule has 24 heavy (non-hydrogen) atoms. The van der Waals surface area contributed by atoms with Crippen LogP contribution >= 0.6 is 24.0 Å². The van der Waals surface area contributed by atoms with Gasteiger partial charge in [0, 0.05) is 32.6 Å². The predicted molar refractivity (Wildman–Crippen MR) is 107 cm³/mol. The van der Waals surface area contributed by atoms with Gasteiger partial charge < -0.3 is 10.2 Å². The summed E-state index contributed by atoms with van der Waals surface area (Å²) in [7, 11) is 3.79. The van der Waals surface area contributed by atoms with Gasteiger partial charge >= 0.3 is 0 Å². The number of benzene rings is 2. The van der Waals surface area contributed by atoms with Crippen molar-refractivity contribution in [2.45, 2.75) is 24.9 Å². The predicted octanol–water partition coefficient (Wildman–Crippen LogP) is 4.01. The number of rotatable bonds is 4. The second-order valence-electron chi connectivity index (χ2n) is 6.03. The van der Waals surface area contributed by atoms with Crippen molar-refractivity contribution in [2.75, 3.05) is 14.1 Å². The van der Waals surface area contributed by atoms with Gasteiger partial charge in [0.15, 0.2) is 5.96 Å². The molecule has 2 aromatic carbocycles. The van der Waals surface area contributed by atoms with Crippen molar-refractivity contribution in [1.82, 2.24) is 10.2 Å². The van der Waals surface area contributed by atoms with Crippen molar-refractivity contribution >= 4 is 29.9 Å². The summed E-state index contributed by atoms with van der Waals surface area (Å²) < 4.78 is 13.0. The highest BCUT2D eigenvalue weighted by Gasteiger charge is 2.39. The lowest BCUT2D eigenvalue weighted by molar-refractivity contribution is 0.475. The van der Waals surface area contributed by atoms with Gasteiger partial charge in [-0.15, -0.1) is 24.0 Å². The molecule has 0 radical (unpaired) electrons. The van der Waals surface area contributed by atoms with Gasteiger partial charge in [0.2, 0.25) is 0 Å². The Labute approximate surface area is 160 Å². The van der Waals surface area contributed by atoms with Gasteiger partial charge in [0.05, 0.1) is 0 Å². The lowest BCUT2D eigenvalue weighted by atomic mass is 10.1. The second-order valence-corrected chi connectivity index (χ2v) is 6.03. The number of guanidine groups is 1. The summed E-state index contributed by atoms with van der Waals surface area (Å²) in [5, 5.41) is 3.52. The minimum atomic E-state index is -0.206. The summed E-state index contributed by atoms with van der Waals surface area (Å²) >= 11 is 0. The summed E-state index contributed by atoms with van der Waals surface area (Å²) in [6.07, 6.45) is 1.13. The van der Waals surface area contributed by atoms with E-state index < -0.39 is 0 Å². The van der Waals surface area contributed by atoms with Crippen molar-refractivity contribution in [2.24, 2.45) is 4.99 Å². The fourth-order valence-corrected chi connectivity index (χ4v) is 2.87. The number of hydrogen-bond donors (Lipinski definition) is 1. The zero-order chi connectivity index (χ0) is 16.2. The average Bonchev–Trinajstić information content (AvgIpc) is 3.35. The van der Waals surface area contributed by atoms with Crippen molar-refractivity contribution in [3.05, 3.63) is 71.5 Å². The fraction of sp³-hybridized carbons (Fsp3) is 0.316. The third-order valence-corrected chi connectivity index (χ3v) is 4.24. The van der Waals surface area contributed by atoms with Gasteiger partial charge in [-0.3, -0.25) is 4.99 Å². The first-order valence-corrected chi connectivity index (χ1v) is 7.91. The molecule has 0 aliphatic heterocycles. The fourth-order valence-electron chi connectivity index (χ4n) is 2.87. The van der Waals surface area contributed by atoms with Crippen LogP contribution in [0, 0.1) is 5.82 Å². The monoisotopic (exact) mass is 439 g/mol. The summed E-state index contributed by atoms with van der Waals surface area (Å²) in [6.45, 7) is 0.697. The minimum absolute atomic E-state index is 0. The van der Waals surface area contributed by atoms with E-state index in [4.69, 9.17) is 0 Å². The van der Waals surface area contributed by atoms with Crippen molar-refractivity contribution in [1.29, 1.82) is 0 Å². The Kier molecular flexibility index (Phi) is 6.60. The Balaban J connectivity index is 0.00000208. The SMILES string of the molecule is CN=C(NC1CC1c1ccccc1)N(C)Cc1ccc(F)cc1.I. The maximum Gasteiger partial charge on any atom is 0.193 e. The highest BCUT2D eigenvalue weighted by Crippen LogP contribution is 2.40. The lowest BCUT2D eigenvalue weighted by Crippen LogP contribution is -2.40. The van der Waals surface area contributed by atoms with Gasteiger partial charge in [0.25, 0.3) is 0 Å². The molecular weight excluding hydrogens is 416 g/mol. The normalized spacial score (nSPS) is 19.4. The number of hydrogen-bond acceptors (Lipinski definition) is 1. The molecular formula is C19H23FIN3. The summed E-state index contributed by atoms with van der Waals surface area (Å²) in [4.78, 5) is 6.43. The molecule has 128 valence electrons. The second kappa shape index (κ2) is 8.46. The molecule has 2 atom stereocenters. The largest absolute Gasteiger partial charge is 0.353 e. The Bertz CT molecular complexity index is 673. The zero-order valence-electron chi connectivity index (χ0n) is 13.9. The molecule has 0 aromatic heterocycles. The van der Waals surface area contributed by atoms with Gasteiger partial charge in [0.1, 0.15) is 5.82 Å². The number of nitrogens with zero attached hydrogens (tertiary/aromatic N) is 2. The molecule has 0 heterocycles. The van der Waals surface area contributed by atoms with E-state index in [1.165, 1.54) is 17.7 Å². The van der Waals surface area contributed by atoms with E-state index in [-0.39, 0.29) is 29.8 Å². The number of aliphatic imine (C=N–C) groups is 1. The smallest absolute Gasteiger partial charge is 0.193 e. The quantitative estimate of drug-likeness (QED) is 0.443. The van der Waals surface area contributed by atoms with Crippen LogP contribution in [0.15, 0.2) is 59.6 Å². The highest BCUT2D eigenvalue weighted by molar-refractivity contribution is 14.0. The van der Waals surface area contributed by atoms with E-state index in [0.717, 1.165) is 17.9 Å². The van der Waals surface area contributed by atoms with Gasteiger partial charge in [-0.05, 0) is 29.7 Å². The maximum absolute atomic E-state index is 13.0. The van der Waals surface area contributed by atoms with Crippen LogP contribution in [0.5, 0.6) is 0 Å². The highest BCUT2D eigenvalue weighted by atomic mass is 127. The summed E-state index contributed by atoms with van der Waals surface area (Å²) in [5.41, 5.74) is 2.44. The van der Waals surface area contributed by atoms with Crippen LogP contribution in [-0.4, -0.2) is 31.0 Å². The van der Waals surface area contributed by atoms with Crippen LogP contribution in [-0.2, 0) is 6.54 Å². The van der Waals surface area contributed by atoms with Crippen LogP contribution in [0.25, 0.3) is 0 Å². The lowest BCUT2D eigenvalue weighted by Gasteiger charge is -2.22. The van der Waals surface area contributed by atoms with Gasteiger partial charge in [-0.2, -0.15) is 0 Å². The van der Waals surface area contributed by atoms with Gasteiger partial charge in [-0.1, -0.05) is 42.5 Å². The average molecular weight is 439 g/mol. The Morgan fingerprint density at radius 1 is 1.17 bits per heavy atom.